The molecule has 0 saturated heterocycles. The topological polar surface area (TPSA) is 0 Å². The average molecular weight is 389 g/mol. The van der Waals surface area contributed by atoms with Crippen LogP contribution in [0.1, 0.15) is 12.0 Å². The highest BCUT2D eigenvalue weighted by Gasteiger charge is 2.17. The van der Waals surface area contributed by atoms with Crippen LogP contribution in [0.15, 0.2) is 22.0 Å². The molecular formula is C9H4BrF2IS. The van der Waals surface area contributed by atoms with Crippen LogP contribution in [0.25, 0.3) is 10.1 Å². The largest absolute Gasteiger partial charge is 0.266 e. The van der Waals surface area contributed by atoms with Gasteiger partial charge in [-0.15, -0.1) is 11.3 Å². The van der Waals surface area contributed by atoms with Gasteiger partial charge in [0.1, 0.15) is 0 Å². The van der Waals surface area contributed by atoms with E-state index < -0.39 is 6.43 Å². The fourth-order valence-corrected chi connectivity index (χ4v) is 3.81. The van der Waals surface area contributed by atoms with E-state index in [1.54, 1.807) is 6.07 Å². The monoisotopic (exact) mass is 388 g/mol. The first-order valence-corrected chi connectivity index (χ1v) is 6.44. The first-order valence-electron chi connectivity index (χ1n) is 3.75. The van der Waals surface area contributed by atoms with Crippen LogP contribution in [0, 0.1) is 3.57 Å². The first-order chi connectivity index (χ1) is 6.59. The van der Waals surface area contributed by atoms with E-state index in [4.69, 9.17) is 0 Å². The van der Waals surface area contributed by atoms with Gasteiger partial charge in [0, 0.05) is 13.8 Å². The molecule has 1 aromatic carbocycles. The standard InChI is InChI=1S/C9H4BrF2IS/c10-6-3-4-1-2-5(13)7(9(11)12)8(4)14-6/h1-3,9H. The van der Waals surface area contributed by atoms with E-state index in [-0.39, 0.29) is 5.56 Å². The van der Waals surface area contributed by atoms with Gasteiger partial charge in [0.05, 0.1) is 3.79 Å². The van der Waals surface area contributed by atoms with Crippen molar-refractivity contribution in [1.82, 2.24) is 0 Å². The van der Waals surface area contributed by atoms with Crippen molar-refractivity contribution in [2.24, 2.45) is 0 Å². The number of thiophene rings is 1. The molecule has 0 fully saturated rings. The predicted octanol–water partition coefficient (Wildman–Crippen LogP) is 5.21. The fraction of sp³-hybridized carbons (Fsp3) is 0.111. The number of alkyl halides is 2. The zero-order valence-electron chi connectivity index (χ0n) is 6.73. The molecule has 0 spiro atoms. The van der Waals surface area contributed by atoms with Gasteiger partial charge < -0.3 is 0 Å². The number of benzene rings is 1. The Morgan fingerprint density at radius 1 is 1.36 bits per heavy atom. The molecule has 0 unspecified atom stereocenters. The molecule has 0 aliphatic rings. The number of hydrogen-bond acceptors (Lipinski definition) is 1. The van der Waals surface area contributed by atoms with Crippen molar-refractivity contribution in [2.45, 2.75) is 6.43 Å². The lowest BCUT2D eigenvalue weighted by Gasteiger charge is -2.03. The number of halogens is 4. The molecule has 74 valence electrons. The molecule has 2 rings (SSSR count). The van der Waals surface area contributed by atoms with Crippen molar-refractivity contribution in [1.29, 1.82) is 0 Å². The second kappa shape index (κ2) is 4.02. The van der Waals surface area contributed by atoms with Crippen molar-refractivity contribution in [3.05, 3.63) is 31.1 Å². The molecule has 0 bridgehead atoms. The summed E-state index contributed by atoms with van der Waals surface area (Å²) >= 11 is 6.60. The Morgan fingerprint density at radius 3 is 2.71 bits per heavy atom. The lowest BCUT2D eigenvalue weighted by molar-refractivity contribution is 0.152. The normalized spacial score (nSPS) is 11.5. The van der Waals surface area contributed by atoms with Crippen LogP contribution in [0.2, 0.25) is 0 Å². The molecule has 0 nitrogen and oxygen atoms in total. The highest BCUT2D eigenvalue weighted by Crippen LogP contribution is 2.38. The lowest BCUT2D eigenvalue weighted by atomic mass is 10.2. The van der Waals surface area contributed by atoms with E-state index in [2.05, 4.69) is 15.9 Å². The Labute approximate surface area is 106 Å². The minimum Gasteiger partial charge on any atom is -0.205 e. The van der Waals surface area contributed by atoms with Gasteiger partial charge >= 0.3 is 0 Å². The van der Waals surface area contributed by atoms with Crippen molar-refractivity contribution in [3.63, 3.8) is 0 Å². The van der Waals surface area contributed by atoms with Crippen molar-refractivity contribution < 1.29 is 8.78 Å². The zero-order chi connectivity index (χ0) is 10.3. The molecule has 0 aliphatic heterocycles. The minimum atomic E-state index is -2.41. The summed E-state index contributed by atoms with van der Waals surface area (Å²) in [7, 11) is 0. The molecule has 2 aromatic rings. The van der Waals surface area contributed by atoms with Gasteiger partial charge in [-0.2, -0.15) is 0 Å². The Balaban J connectivity index is 2.82. The molecule has 1 heterocycles. The third kappa shape index (κ3) is 1.81. The molecule has 0 atom stereocenters. The Kier molecular flexibility index (Phi) is 3.09. The Morgan fingerprint density at radius 2 is 2.07 bits per heavy atom. The van der Waals surface area contributed by atoms with E-state index in [1.165, 1.54) is 11.3 Å². The van der Waals surface area contributed by atoms with Gasteiger partial charge in [0.15, 0.2) is 0 Å². The maximum Gasteiger partial charge on any atom is 0.266 e. The molecule has 0 amide bonds. The van der Waals surface area contributed by atoms with E-state index in [9.17, 15) is 8.78 Å². The third-order valence-corrected chi connectivity index (χ3v) is 4.49. The second-order valence-corrected chi connectivity index (χ2v) is 6.32. The van der Waals surface area contributed by atoms with Gasteiger partial charge in [0.2, 0.25) is 0 Å². The molecule has 0 N–H and O–H groups in total. The van der Waals surface area contributed by atoms with Crippen LogP contribution in [0.3, 0.4) is 0 Å². The van der Waals surface area contributed by atoms with Crippen LogP contribution in [0.4, 0.5) is 8.78 Å². The average Bonchev–Trinajstić information content (AvgIpc) is 2.43. The summed E-state index contributed by atoms with van der Waals surface area (Å²) in [5.41, 5.74) is 0.152. The second-order valence-electron chi connectivity index (χ2n) is 2.73. The molecule has 0 saturated carbocycles. The quantitative estimate of drug-likeness (QED) is 0.588. The number of fused-ring (bicyclic) bond motifs is 1. The SMILES string of the molecule is FC(F)c1c(I)ccc2cc(Br)sc12. The Bertz CT molecular complexity index is 481. The van der Waals surface area contributed by atoms with Gasteiger partial charge in [-0.1, -0.05) is 6.07 Å². The highest BCUT2D eigenvalue weighted by atomic mass is 127. The van der Waals surface area contributed by atoms with Crippen LogP contribution in [-0.4, -0.2) is 0 Å². The molecule has 5 heteroatoms. The molecule has 14 heavy (non-hydrogen) atoms. The number of rotatable bonds is 1. The Hall–Kier alpha value is 0.250. The van der Waals surface area contributed by atoms with Crippen LogP contribution in [-0.2, 0) is 0 Å². The van der Waals surface area contributed by atoms with Gasteiger partial charge in [-0.25, -0.2) is 8.78 Å². The first kappa shape index (κ1) is 10.8. The summed E-state index contributed by atoms with van der Waals surface area (Å²) in [6.07, 6.45) is -2.41. The van der Waals surface area contributed by atoms with Gasteiger partial charge in [-0.3, -0.25) is 0 Å². The minimum absolute atomic E-state index is 0.152. The van der Waals surface area contributed by atoms with Gasteiger partial charge in [-0.05, 0) is 56.0 Å². The van der Waals surface area contributed by atoms with Gasteiger partial charge in [0.25, 0.3) is 6.43 Å². The maximum atomic E-state index is 12.8. The van der Waals surface area contributed by atoms with E-state index in [0.29, 0.717) is 8.27 Å². The summed E-state index contributed by atoms with van der Waals surface area (Å²) in [6.45, 7) is 0. The van der Waals surface area contributed by atoms with Crippen molar-refractivity contribution in [2.75, 3.05) is 0 Å². The molecule has 0 aliphatic carbocycles. The predicted molar refractivity (Wildman–Crippen MR) is 67.2 cm³/mol. The third-order valence-electron chi connectivity index (χ3n) is 1.86. The molecular weight excluding hydrogens is 385 g/mol. The summed E-state index contributed by atoms with van der Waals surface area (Å²) in [6, 6.07) is 5.45. The van der Waals surface area contributed by atoms with Crippen LogP contribution >= 0.6 is 49.9 Å². The van der Waals surface area contributed by atoms with Crippen molar-refractivity contribution in [3.8, 4) is 0 Å². The summed E-state index contributed by atoms with van der Waals surface area (Å²) < 4.78 is 27.7. The smallest absolute Gasteiger partial charge is 0.205 e. The molecule has 1 aromatic heterocycles. The maximum absolute atomic E-state index is 12.8. The van der Waals surface area contributed by atoms with E-state index >= 15 is 0 Å². The van der Waals surface area contributed by atoms with E-state index in [1.807, 2.05) is 34.7 Å². The molecule has 0 radical (unpaired) electrons. The summed E-state index contributed by atoms with van der Waals surface area (Å²) in [5, 5.41) is 0.873. The highest BCUT2D eigenvalue weighted by molar-refractivity contribution is 14.1. The fourth-order valence-electron chi connectivity index (χ4n) is 1.27. The number of hydrogen-bond donors (Lipinski definition) is 0. The van der Waals surface area contributed by atoms with Crippen molar-refractivity contribution >= 4 is 59.9 Å². The summed E-state index contributed by atoms with van der Waals surface area (Å²) in [4.78, 5) is 0. The zero-order valence-corrected chi connectivity index (χ0v) is 11.3. The summed E-state index contributed by atoms with van der Waals surface area (Å²) in [5.74, 6) is 0. The van der Waals surface area contributed by atoms with E-state index in [0.717, 1.165) is 9.17 Å². The van der Waals surface area contributed by atoms with Crippen LogP contribution in [0.5, 0.6) is 0 Å². The lowest BCUT2D eigenvalue weighted by Crippen LogP contribution is -1.88. The van der Waals surface area contributed by atoms with Crippen LogP contribution < -0.4 is 0 Å².